The third-order valence-electron chi connectivity index (χ3n) is 6.23. The molecule has 1 rings (SSSR count). The van der Waals surface area contributed by atoms with Gasteiger partial charge in [0.05, 0.1) is 0 Å². The van der Waals surface area contributed by atoms with E-state index in [1.807, 2.05) is 0 Å². The van der Waals surface area contributed by atoms with E-state index in [0.29, 0.717) is 13.2 Å². The maximum Gasteiger partial charge on any atom is 0.0431 e. The molecule has 0 amide bonds. The summed E-state index contributed by atoms with van der Waals surface area (Å²) in [7, 11) is 0. The summed E-state index contributed by atoms with van der Waals surface area (Å²) < 4.78 is 0. The summed E-state index contributed by atoms with van der Waals surface area (Å²) in [6.07, 6.45) is 20.7. The van der Waals surface area contributed by atoms with Crippen LogP contribution in [0.4, 0.5) is 0 Å². The van der Waals surface area contributed by atoms with E-state index in [9.17, 15) is 0 Å². The van der Waals surface area contributed by atoms with E-state index in [4.69, 9.17) is 10.2 Å². The second-order valence-corrected chi connectivity index (χ2v) is 8.79. The number of nitrogens with zero attached hydrogens (tertiary/aromatic N) is 2. The average molecular weight is 399 g/mol. The summed E-state index contributed by atoms with van der Waals surface area (Å²) in [6, 6.07) is 0. The summed E-state index contributed by atoms with van der Waals surface area (Å²) in [5.74, 6) is 0. The van der Waals surface area contributed by atoms with Crippen LogP contribution in [0.25, 0.3) is 0 Å². The predicted molar refractivity (Wildman–Crippen MR) is 121 cm³/mol. The van der Waals surface area contributed by atoms with E-state index in [0.717, 1.165) is 12.8 Å². The number of unbranched alkanes of at least 4 members (excludes halogenated alkanes) is 14. The van der Waals surface area contributed by atoms with E-state index >= 15 is 0 Å². The minimum atomic E-state index is 0.361. The van der Waals surface area contributed by atoms with Crippen LogP contribution in [0.15, 0.2) is 0 Å². The minimum Gasteiger partial charge on any atom is -0.396 e. The molecule has 4 nitrogen and oxygen atoms in total. The Morgan fingerprint density at radius 1 is 0.357 bits per heavy atom. The quantitative estimate of drug-likeness (QED) is 0.288. The zero-order valence-electron chi connectivity index (χ0n) is 18.8. The molecule has 1 aliphatic heterocycles. The molecule has 28 heavy (non-hydrogen) atoms. The van der Waals surface area contributed by atoms with Crippen LogP contribution in [0.2, 0.25) is 0 Å². The lowest BCUT2D eigenvalue weighted by atomic mass is 10.1. The van der Waals surface area contributed by atoms with Crippen LogP contribution < -0.4 is 0 Å². The van der Waals surface area contributed by atoms with Gasteiger partial charge in [-0.25, -0.2) is 0 Å². The van der Waals surface area contributed by atoms with Gasteiger partial charge in [-0.2, -0.15) is 0 Å². The number of aliphatic hydroxyl groups is 2. The van der Waals surface area contributed by atoms with Crippen molar-refractivity contribution >= 4 is 0 Å². The molecule has 1 saturated heterocycles. The molecular weight excluding hydrogens is 348 g/mol. The van der Waals surface area contributed by atoms with Crippen LogP contribution in [-0.2, 0) is 0 Å². The first kappa shape index (κ1) is 25.9. The molecule has 0 atom stereocenters. The van der Waals surface area contributed by atoms with E-state index in [1.165, 1.54) is 129 Å². The molecule has 0 radical (unpaired) electrons. The summed E-state index contributed by atoms with van der Waals surface area (Å²) >= 11 is 0. The second kappa shape index (κ2) is 20.1. The number of rotatable bonds is 20. The highest BCUT2D eigenvalue weighted by molar-refractivity contribution is 4.71. The number of piperazine rings is 1. The Morgan fingerprint density at radius 3 is 0.893 bits per heavy atom. The molecule has 1 heterocycles. The largest absolute Gasteiger partial charge is 0.396 e. The zero-order valence-corrected chi connectivity index (χ0v) is 18.8. The van der Waals surface area contributed by atoms with Crippen molar-refractivity contribution in [1.82, 2.24) is 9.80 Å². The highest BCUT2D eigenvalue weighted by atomic mass is 16.3. The van der Waals surface area contributed by atoms with Gasteiger partial charge in [0.2, 0.25) is 0 Å². The molecule has 0 aromatic heterocycles. The standard InChI is InChI=1S/C24H50N2O2/c27-23-15-11-7-3-1-5-9-13-17-25-19-21-26(22-20-25)18-14-10-6-2-4-8-12-16-24-28/h27-28H,1-24H2. The molecule has 0 aliphatic carbocycles. The number of hydrogen-bond acceptors (Lipinski definition) is 4. The van der Waals surface area contributed by atoms with Gasteiger partial charge >= 0.3 is 0 Å². The van der Waals surface area contributed by atoms with Gasteiger partial charge in [-0.1, -0.05) is 77.0 Å². The molecule has 168 valence electrons. The molecule has 0 saturated carbocycles. The van der Waals surface area contributed by atoms with Gasteiger partial charge in [0.25, 0.3) is 0 Å². The van der Waals surface area contributed by atoms with Crippen molar-refractivity contribution in [3.8, 4) is 0 Å². The molecule has 4 heteroatoms. The molecule has 0 spiro atoms. The highest BCUT2D eigenvalue weighted by Crippen LogP contribution is 2.12. The summed E-state index contributed by atoms with van der Waals surface area (Å²) in [5.41, 5.74) is 0. The molecule has 0 unspecified atom stereocenters. The first-order chi connectivity index (χ1) is 13.9. The van der Waals surface area contributed by atoms with Gasteiger partial charge in [0.1, 0.15) is 0 Å². The van der Waals surface area contributed by atoms with Crippen molar-refractivity contribution in [3.05, 3.63) is 0 Å². The van der Waals surface area contributed by atoms with Crippen molar-refractivity contribution in [2.24, 2.45) is 0 Å². The Labute approximate surface area is 175 Å². The highest BCUT2D eigenvalue weighted by Gasteiger charge is 2.15. The fourth-order valence-corrected chi connectivity index (χ4v) is 4.25. The van der Waals surface area contributed by atoms with Crippen molar-refractivity contribution in [1.29, 1.82) is 0 Å². The second-order valence-electron chi connectivity index (χ2n) is 8.79. The Balaban J connectivity index is 1.81. The molecule has 1 fully saturated rings. The summed E-state index contributed by atoms with van der Waals surface area (Å²) in [4.78, 5) is 5.34. The normalized spacial score (nSPS) is 16.1. The Kier molecular flexibility index (Phi) is 18.6. The maximum absolute atomic E-state index is 8.77. The fraction of sp³-hybridized carbons (Fsp3) is 1.00. The summed E-state index contributed by atoms with van der Waals surface area (Å²) in [5, 5.41) is 17.5. The molecule has 0 aromatic carbocycles. The van der Waals surface area contributed by atoms with Crippen LogP contribution in [0, 0.1) is 0 Å². The Hall–Kier alpha value is -0.160. The average Bonchev–Trinajstić information content (AvgIpc) is 2.72. The molecule has 1 aliphatic rings. The van der Waals surface area contributed by atoms with Crippen LogP contribution in [0.1, 0.15) is 103 Å². The molecule has 0 aromatic rings. The first-order valence-corrected chi connectivity index (χ1v) is 12.5. The number of aliphatic hydroxyl groups excluding tert-OH is 2. The van der Waals surface area contributed by atoms with Gasteiger partial charge in [-0.15, -0.1) is 0 Å². The molecule has 2 N–H and O–H groups in total. The van der Waals surface area contributed by atoms with Crippen molar-refractivity contribution < 1.29 is 10.2 Å². The Bertz CT molecular complexity index is 277. The molecular formula is C24H50N2O2. The van der Waals surface area contributed by atoms with Crippen LogP contribution in [0.5, 0.6) is 0 Å². The van der Waals surface area contributed by atoms with Gasteiger partial charge in [-0.05, 0) is 38.8 Å². The van der Waals surface area contributed by atoms with E-state index in [2.05, 4.69) is 9.80 Å². The van der Waals surface area contributed by atoms with Gasteiger partial charge in [0, 0.05) is 39.4 Å². The van der Waals surface area contributed by atoms with Crippen LogP contribution in [0.3, 0.4) is 0 Å². The van der Waals surface area contributed by atoms with Crippen molar-refractivity contribution in [3.63, 3.8) is 0 Å². The lowest BCUT2D eigenvalue weighted by Gasteiger charge is -2.34. The lowest BCUT2D eigenvalue weighted by molar-refractivity contribution is 0.129. The van der Waals surface area contributed by atoms with E-state index in [-0.39, 0.29) is 0 Å². The smallest absolute Gasteiger partial charge is 0.0431 e. The molecule has 0 bridgehead atoms. The fourth-order valence-electron chi connectivity index (χ4n) is 4.25. The van der Waals surface area contributed by atoms with Crippen molar-refractivity contribution in [2.75, 3.05) is 52.5 Å². The van der Waals surface area contributed by atoms with Crippen molar-refractivity contribution in [2.45, 2.75) is 103 Å². The van der Waals surface area contributed by atoms with Gasteiger partial charge < -0.3 is 20.0 Å². The lowest BCUT2D eigenvalue weighted by Crippen LogP contribution is -2.46. The third-order valence-corrected chi connectivity index (χ3v) is 6.23. The number of hydrogen-bond donors (Lipinski definition) is 2. The summed E-state index contributed by atoms with van der Waals surface area (Å²) in [6.45, 7) is 8.40. The predicted octanol–water partition coefficient (Wildman–Crippen LogP) is 4.83. The zero-order chi connectivity index (χ0) is 20.1. The van der Waals surface area contributed by atoms with Crippen LogP contribution in [-0.4, -0.2) is 72.5 Å². The van der Waals surface area contributed by atoms with Gasteiger partial charge in [-0.3, -0.25) is 0 Å². The Morgan fingerprint density at radius 2 is 0.607 bits per heavy atom. The van der Waals surface area contributed by atoms with E-state index < -0.39 is 0 Å². The minimum absolute atomic E-state index is 0.361. The topological polar surface area (TPSA) is 46.9 Å². The van der Waals surface area contributed by atoms with Gasteiger partial charge in [0.15, 0.2) is 0 Å². The van der Waals surface area contributed by atoms with E-state index in [1.54, 1.807) is 0 Å². The SMILES string of the molecule is OCCCCCCCCCCN1CCN(CCCCCCCCCCO)CC1. The van der Waals surface area contributed by atoms with Crippen LogP contribution >= 0.6 is 0 Å². The monoisotopic (exact) mass is 398 g/mol. The third kappa shape index (κ3) is 15.7. The first-order valence-electron chi connectivity index (χ1n) is 12.5. The maximum atomic E-state index is 8.77.